The van der Waals surface area contributed by atoms with E-state index in [4.69, 9.17) is 0 Å². The fourth-order valence-electron chi connectivity index (χ4n) is 2.21. The van der Waals surface area contributed by atoms with Crippen LogP contribution in [0.2, 0.25) is 0 Å². The van der Waals surface area contributed by atoms with Gasteiger partial charge in [-0.1, -0.05) is 6.92 Å². The van der Waals surface area contributed by atoms with Gasteiger partial charge in [-0.15, -0.1) is 10.2 Å². The van der Waals surface area contributed by atoms with Crippen LogP contribution in [0.4, 0.5) is 16.6 Å². The van der Waals surface area contributed by atoms with E-state index in [2.05, 4.69) is 22.1 Å². The molecule has 2 rings (SSSR count). The minimum absolute atomic E-state index is 0.236. The van der Waals surface area contributed by atoms with Gasteiger partial charge in [0.25, 0.3) is 0 Å². The van der Waals surface area contributed by atoms with Crippen molar-refractivity contribution in [3.8, 4) is 0 Å². The summed E-state index contributed by atoms with van der Waals surface area (Å²) in [6.45, 7) is 6.50. The molecule has 0 aliphatic carbocycles. The van der Waals surface area contributed by atoms with Crippen molar-refractivity contribution in [2.24, 2.45) is 0 Å². The average Bonchev–Trinajstić information content (AvgIpc) is 2.82. The molecular weight excluding hydrogens is 272 g/mol. The van der Waals surface area contributed by atoms with E-state index in [1.54, 1.807) is 30.6 Å². The summed E-state index contributed by atoms with van der Waals surface area (Å²) in [5.74, 6) is 0.966. The monoisotopic (exact) mass is 292 g/mol. The molecule has 0 spiro atoms. The fraction of sp³-hybridized carbons (Fsp3) is 0.538. The van der Waals surface area contributed by atoms with E-state index in [0.29, 0.717) is 11.5 Å². The second kappa shape index (κ2) is 5.94. The number of fused-ring (bicyclic) bond motifs is 1. The Balaban J connectivity index is 2.54. The Morgan fingerprint density at radius 3 is 2.71 bits per heavy atom. The molecule has 0 saturated carbocycles. The van der Waals surface area contributed by atoms with E-state index < -0.39 is 6.09 Å². The molecular formula is C13H20N6O2. The quantitative estimate of drug-likeness (QED) is 0.905. The van der Waals surface area contributed by atoms with Crippen molar-refractivity contribution in [1.29, 1.82) is 0 Å². The fourth-order valence-corrected chi connectivity index (χ4v) is 2.21. The number of aromatic nitrogens is 4. The summed E-state index contributed by atoms with van der Waals surface area (Å²) in [5, 5.41) is 17.5. The Bertz CT molecular complexity index is 639. The number of carbonyl (C=O) groups is 1. The maximum absolute atomic E-state index is 11.4. The molecule has 0 saturated heterocycles. The van der Waals surface area contributed by atoms with Crippen LogP contribution in [0.15, 0.2) is 12.4 Å². The molecule has 0 atom stereocenters. The van der Waals surface area contributed by atoms with Gasteiger partial charge in [-0.05, 0) is 20.3 Å². The van der Waals surface area contributed by atoms with Gasteiger partial charge in [0.2, 0.25) is 11.6 Å². The lowest BCUT2D eigenvalue weighted by Gasteiger charge is -2.21. The van der Waals surface area contributed by atoms with E-state index in [-0.39, 0.29) is 12.0 Å². The molecule has 1 amide bonds. The predicted molar refractivity (Wildman–Crippen MR) is 80.0 cm³/mol. The van der Waals surface area contributed by atoms with E-state index in [0.717, 1.165) is 13.0 Å². The Morgan fingerprint density at radius 1 is 1.43 bits per heavy atom. The van der Waals surface area contributed by atoms with Crippen LogP contribution in [0.5, 0.6) is 0 Å². The van der Waals surface area contributed by atoms with Crippen LogP contribution in [-0.4, -0.2) is 50.4 Å². The number of nitrogens with zero attached hydrogens (tertiary/aromatic N) is 6. The molecule has 0 unspecified atom stereocenters. The second-order valence-corrected chi connectivity index (χ2v) is 5.11. The van der Waals surface area contributed by atoms with Crippen molar-refractivity contribution in [1.82, 2.24) is 19.6 Å². The van der Waals surface area contributed by atoms with E-state index in [1.165, 1.54) is 4.90 Å². The van der Waals surface area contributed by atoms with Crippen molar-refractivity contribution in [3.63, 3.8) is 0 Å². The second-order valence-electron chi connectivity index (χ2n) is 5.11. The summed E-state index contributed by atoms with van der Waals surface area (Å²) >= 11 is 0. The average molecular weight is 292 g/mol. The zero-order chi connectivity index (χ0) is 15.6. The maximum Gasteiger partial charge on any atom is 0.414 e. The molecule has 21 heavy (non-hydrogen) atoms. The molecule has 0 fully saturated rings. The Morgan fingerprint density at radius 2 is 2.14 bits per heavy atom. The molecule has 2 heterocycles. The SMILES string of the molecule is CCCN(C)c1nccn2c(N(C(=O)O)C(C)C)nnc12. The first kappa shape index (κ1) is 15.0. The van der Waals surface area contributed by atoms with Crippen LogP contribution in [0.3, 0.4) is 0 Å². The number of rotatable bonds is 5. The molecule has 0 aromatic carbocycles. The van der Waals surface area contributed by atoms with Crippen molar-refractivity contribution in [2.45, 2.75) is 33.2 Å². The van der Waals surface area contributed by atoms with Gasteiger partial charge >= 0.3 is 6.09 Å². The van der Waals surface area contributed by atoms with Crippen LogP contribution < -0.4 is 9.80 Å². The molecule has 1 N–H and O–H groups in total. The summed E-state index contributed by atoms with van der Waals surface area (Å²) in [5.41, 5.74) is 0.551. The molecule has 114 valence electrons. The van der Waals surface area contributed by atoms with Crippen molar-refractivity contribution >= 4 is 23.5 Å². The first-order valence-corrected chi connectivity index (χ1v) is 6.90. The van der Waals surface area contributed by atoms with Gasteiger partial charge in [-0.25, -0.2) is 14.7 Å². The molecule has 0 aliphatic heterocycles. The van der Waals surface area contributed by atoms with Crippen LogP contribution in [0.25, 0.3) is 5.65 Å². The first-order chi connectivity index (χ1) is 9.97. The lowest BCUT2D eigenvalue weighted by molar-refractivity contribution is 0.199. The van der Waals surface area contributed by atoms with E-state index >= 15 is 0 Å². The third-order valence-corrected chi connectivity index (χ3v) is 3.15. The highest BCUT2D eigenvalue weighted by atomic mass is 16.4. The van der Waals surface area contributed by atoms with Crippen LogP contribution >= 0.6 is 0 Å². The highest BCUT2D eigenvalue weighted by Gasteiger charge is 2.24. The van der Waals surface area contributed by atoms with Crippen LogP contribution in [0.1, 0.15) is 27.2 Å². The zero-order valence-electron chi connectivity index (χ0n) is 12.7. The minimum atomic E-state index is -1.06. The topological polar surface area (TPSA) is 86.9 Å². The first-order valence-electron chi connectivity index (χ1n) is 6.90. The number of hydrogen-bond acceptors (Lipinski definition) is 5. The summed E-state index contributed by atoms with van der Waals surface area (Å²) in [6, 6.07) is -0.236. The summed E-state index contributed by atoms with van der Waals surface area (Å²) in [4.78, 5) is 18.9. The predicted octanol–water partition coefficient (Wildman–Crippen LogP) is 1.86. The standard InChI is InChI=1S/C13H20N6O2/c1-5-7-17(4)10-11-15-16-12(18(11)8-6-14-10)19(9(2)3)13(20)21/h6,8-9H,5,7H2,1-4H3,(H,20,21). The summed E-state index contributed by atoms with van der Waals surface area (Å²) in [7, 11) is 1.93. The van der Waals surface area contributed by atoms with Gasteiger partial charge in [-0.2, -0.15) is 0 Å². The van der Waals surface area contributed by atoms with Gasteiger partial charge in [-0.3, -0.25) is 4.40 Å². The van der Waals surface area contributed by atoms with Crippen molar-refractivity contribution in [3.05, 3.63) is 12.4 Å². The molecule has 2 aromatic rings. The van der Waals surface area contributed by atoms with Gasteiger partial charge in [0.15, 0.2) is 5.82 Å². The summed E-state index contributed by atoms with van der Waals surface area (Å²) < 4.78 is 1.66. The largest absolute Gasteiger partial charge is 0.465 e. The van der Waals surface area contributed by atoms with Crippen molar-refractivity contribution in [2.75, 3.05) is 23.4 Å². The summed E-state index contributed by atoms with van der Waals surface area (Å²) in [6.07, 6.45) is 3.22. The lowest BCUT2D eigenvalue weighted by Crippen LogP contribution is -2.37. The van der Waals surface area contributed by atoms with Crippen molar-refractivity contribution < 1.29 is 9.90 Å². The molecule has 8 heteroatoms. The number of amides is 1. The van der Waals surface area contributed by atoms with Crippen LogP contribution in [0, 0.1) is 0 Å². The Hall–Kier alpha value is -2.38. The highest BCUT2D eigenvalue weighted by molar-refractivity contribution is 5.85. The molecule has 0 radical (unpaired) electrons. The maximum atomic E-state index is 11.4. The lowest BCUT2D eigenvalue weighted by atomic mass is 10.3. The third-order valence-electron chi connectivity index (χ3n) is 3.15. The molecule has 0 aliphatic rings. The van der Waals surface area contributed by atoms with Gasteiger partial charge in [0.05, 0.1) is 0 Å². The number of carboxylic acid groups (broad SMARTS) is 1. The minimum Gasteiger partial charge on any atom is -0.465 e. The number of hydrogen-bond donors (Lipinski definition) is 1. The third kappa shape index (κ3) is 2.74. The highest BCUT2D eigenvalue weighted by Crippen LogP contribution is 2.22. The number of anilines is 2. The van der Waals surface area contributed by atoms with Crippen LogP contribution in [-0.2, 0) is 0 Å². The zero-order valence-corrected chi connectivity index (χ0v) is 12.7. The molecule has 2 aromatic heterocycles. The van der Waals surface area contributed by atoms with Gasteiger partial charge < -0.3 is 10.0 Å². The van der Waals surface area contributed by atoms with Gasteiger partial charge in [0, 0.05) is 32.0 Å². The molecule has 0 bridgehead atoms. The van der Waals surface area contributed by atoms with E-state index in [1.807, 2.05) is 11.9 Å². The Kier molecular flexibility index (Phi) is 4.25. The normalized spacial score (nSPS) is 11.1. The molecule has 8 nitrogen and oxygen atoms in total. The van der Waals surface area contributed by atoms with E-state index in [9.17, 15) is 9.90 Å². The smallest absolute Gasteiger partial charge is 0.414 e. The van der Waals surface area contributed by atoms with Gasteiger partial charge in [0.1, 0.15) is 0 Å². The Labute approximate surface area is 123 Å².